The Morgan fingerprint density at radius 3 is 2.85 bits per heavy atom. The van der Waals surface area contributed by atoms with Crippen LogP contribution in [0.4, 0.5) is 5.69 Å². The summed E-state index contributed by atoms with van der Waals surface area (Å²) in [6.45, 7) is 4.40. The predicted octanol–water partition coefficient (Wildman–Crippen LogP) is 1.41. The summed E-state index contributed by atoms with van der Waals surface area (Å²) in [5.41, 5.74) is 7.78. The van der Waals surface area contributed by atoms with Gasteiger partial charge in [0.15, 0.2) is 12.1 Å². The number of anilines is 1. The van der Waals surface area contributed by atoms with Gasteiger partial charge in [-0.15, -0.1) is 0 Å². The van der Waals surface area contributed by atoms with E-state index in [1.54, 1.807) is 4.90 Å². The fourth-order valence-electron chi connectivity index (χ4n) is 2.32. The summed E-state index contributed by atoms with van der Waals surface area (Å²) in [5.74, 6) is 0.468. The van der Waals surface area contributed by atoms with Crippen LogP contribution in [0.5, 0.6) is 5.75 Å². The Hall–Kier alpha value is -2.30. The van der Waals surface area contributed by atoms with E-state index in [1.807, 2.05) is 18.2 Å². The zero-order valence-electron chi connectivity index (χ0n) is 11.7. The van der Waals surface area contributed by atoms with Crippen LogP contribution in [-0.2, 0) is 16.0 Å². The summed E-state index contributed by atoms with van der Waals surface area (Å²) in [4.78, 5) is 24.5. The standard InChI is InChI=1S/C15H18N2O3/c1-3-11-4-5-14-13(8-11)17(6-7-20-14)15(10(2)19)12(16)9-18/h4-5,8-9H,3,6-7,16H2,1-2H3/b15-12-. The highest BCUT2D eigenvalue weighted by Gasteiger charge is 2.25. The fraction of sp³-hybridized carbons (Fsp3) is 0.333. The van der Waals surface area contributed by atoms with Gasteiger partial charge in [-0.05, 0) is 24.1 Å². The van der Waals surface area contributed by atoms with Crippen molar-refractivity contribution in [3.8, 4) is 5.75 Å². The van der Waals surface area contributed by atoms with Gasteiger partial charge in [0, 0.05) is 6.92 Å². The van der Waals surface area contributed by atoms with E-state index in [-0.39, 0.29) is 17.2 Å². The summed E-state index contributed by atoms with van der Waals surface area (Å²) in [7, 11) is 0. The van der Waals surface area contributed by atoms with Crippen LogP contribution >= 0.6 is 0 Å². The smallest absolute Gasteiger partial charge is 0.178 e. The van der Waals surface area contributed by atoms with Crippen LogP contribution in [0.2, 0.25) is 0 Å². The molecule has 0 aliphatic carbocycles. The van der Waals surface area contributed by atoms with Gasteiger partial charge >= 0.3 is 0 Å². The number of fused-ring (bicyclic) bond motifs is 1. The monoisotopic (exact) mass is 274 g/mol. The molecule has 0 bridgehead atoms. The summed E-state index contributed by atoms with van der Waals surface area (Å²) in [6, 6.07) is 5.84. The molecule has 0 saturated heterocycles. The van der Waals surface area contributed by atoms with Gasteiger partial charge in [0.25, 0.3) is 0 Å². The van der Waals surface area contributed by atoms with E-state index < -0.39 is 0 Å². The maximum absolute atomic E-state index is 11.8. The van der Waals surface area contributed by atoms with Crippen LogP contribution in [0.3, 0.4) is 0 Å². The zero-order valence-corrected chi connectivity index (χ0v) is 11.7. The Bertz CT molecular complexity index is 578. The van der Waals surface area contributed by atoms with Crippen molar-refractivity contribution in [2.24, 2.45) is 5.73 Å². The lowest BCUT2D eigenvalue weighted by atomic mass is 10.1. The van der Waals surface area contributed by atoms with Gasteiger partial charge < -0.3 is 15.4 Å². The fourth-order valence-corrected chi connectivity index (χ4v) is 2.32. The van der Waals surface area contributed by atoms with E-state index in [1.165, 1.54) is 6.92 Å². The molecule has 0 amide bonds. The zero-order chi connectivity index (χ0) is 14.7. The number of allylic oxidation sites excluding steroid dienone is 2. The van der Waals surface area contributed by atoms with Gasteiger partial charge in [-0.25, -0.2) is 0 Å². The molecular weight excluding hydrogens is 256 g/mol. The highest BCUT2D eigenvalue weighted by atomic mass is 16.5. The normalized spacial score (nSPS) is 15.0. The largest absolute Gasteiger partial charge is 0.490 e. The lowest BCUT2D eigenvalue weighted by Gasteiger charge is -2.32. The molecule has 2 N–H and O–H groups in total. The van der Waals surface area contributed by atoms with Gasteiger partial charge in [-0.1, -0.05) is 13.0 Å². The number of benzene rings is 1. The van der Waals surface area contributed by atoms with Gasteiger partial charge in [0.2, 0.25) is 0 Å². The molecule has 1 aromatic carbocycles. The maximum Gasteiger partial charge on any atom is 0.178 e. The molecule has 106 valence electrons. The lowest BCUT2D eigenvalue weighted by Crippen LogP contribution is -2.36. The Kier molecular flexibility index (Phi) is 4.08. The van der Waals surface area contributed by atoms with E-state index in [0.29, 0.717) is 25.2 Å². The number of rotatable bonds is 4. The Morgan fingerprint density at radius 2 is 2.25 bits per heavy atom. The van der Waals surface area contributed by atoms with Crippen LogP contribution < -0.4 is 15.4 Å². The molecule has 5 heteroatoms. The number of aryl methyl sites for hydroxylation is 1. The second kappa shape index (κ2) is 5.77. The van der Waals surface area contributed by atoms with E-state index in [0.717, 1.165) is 17.7 Å². The molecule has 0 radical (unpaired) electrons. The second-order valence-corrected chi connectivity index (χ2v) is 4.63. The van der Waals surface area contributed by atoms with Gasteiger partial charge in [-0.3, -0.25) is 9.59 Å². The molecule has 0 spiro atoms. The number of Topliss-reactive ketones (excluding diaryl/α,β-unsaturated/α-hetero) is 1. The van der Waals surface area contributed by atoms with Crippen molar-refractivity contribution < 1.29 is 14.3 Å². The number of carbonyl (C=O) groups excluding carboxylic acids is 2. The molecule has 0 unspecified atom stereocenters. The van der Waals surface area contributed by atoms with Crippen molar-refractivity contribution in [2.45, 2.75) is 20.3 Å². The number of nitrogens with zero attached hydrogens (tertiary/aromatic N) is 1. The molecule has 1 heterocycles. The van der Waals surface area contributed by atoms with Crippen molar-refractivity contribution >= 4 is 17.8 Å². The molecular formula is C15H18N2O3. The van der Waals surface area contributed by atoms with Crippen LogP contribution in [0, 0.1) is 0 Å². The minimum atomic E-state index is -0.232. The Morgan fingerprint density at radius 1 is 1.50 bits per heavy atom. The summed E-state index contributed by atoms with van der Waals surface area (Å²) in [6.07, 6.45) is 1.39. The number of hydrogen-bond donors (Lipinski definition) is 1. The van der Waals surface area contributed by atoms with E-state index in [4.69, 9.17) is 10.5 Å². The van der Waals surface area contributed by atoms with Gasteiger partial charge in [0.1, 0.15) is 18.1 Å². The highest BCUT2D eigenvalue weighted by molar-refractivity contribution is 6.02. The average Bonchev–Trinajstić information content (AvgIpc) is 2.46. The predicted molar refractivity (Wildman–Crippen MR) is 76.6 cm³/mol. The third-order valence-electron chi connectivity index (χ3n) is 3.30. The van der Waals surface area contributed by atoms with Crippen LogP contribution in [-0.4, -0.2) is 25.2 Å². The summed E-state index contributed by atoms with van der Waals surface area (Å²) >= 11 is 0. The van der Waals surface area contributed by atoms with Crippen molar-refractivity contribution in [3.05, 3.63) is 35.2 Å². The van der Waals surface area contributed by atoms with Gasteiger partial charge in [0.05, 0.1) is 17.9 Å². The maximum atomic E-state index is 11.8. The second-order valence-electron chi connectivity index (χ2n) is 4.63. The third-order valence-corrected chi connectivity index (χ3v) is 3.30. The first-order valence-corrected chi connectivity index (χ1v) is 6.57. The average molecular weight is 274 g/mol. The van der Waals surface area contributed by atoms with Crippen LogP contribution in [0.25, 0.3) is 0 Å². The van der Waals surface area contributed by atoms with E-state index in [2.05, 4.69) is 6.92 Å². The number of aldehydes is 1. The molecule has 0 atom stereocenters. The van der Waals surface area contributed by atoms with Crippen molar-refractivity contribution in [3.63, 3.8) is 0 Å². The summed E-state index contributed by atoms with van der Waals surface area (Å²) < 4.78 is 5.59. The molecule has 5 nitrogen and oxygen atoms in total. The first-order chi connectivity index (χ1) is 9.58. The molecule has 1 aromatic rings. The number of carbonyl (C=O) groups is 2. The van der Waals surface area contributed by atoms with E-state index in [9.17, 15) is 9.59 Å². The quantitative estimate of drug-likeness (QED) is 0.664. The van der Waals surface area contributed by atoms with Crippen LogP contribution in [0.15, 0.2) is 29.6 Å². The molecule has 1 aliphatic heterocycles. The third kappa shape index (κ3) is 2.52. The number of nitrogens with two attached hydrogens (primary N) is 1. The number of hydrogen-bond acceptors (Lipinski definition) is 5. The topological polar surface area (TPSA) is 72.6 Å². The summed E-state index contributed by atoms with van der Waals surface area (Å²) in [5, 5.41) is 0. The number of ketones is 1. The molecule has 1 aliphatic rings. The van der Waals surface area contributed by atoms with Gasteiger partial charge in [-0.2, -0.15) is 0 Å². The SMILES string of the molecule is CCc1ccc2c(c1)N(/C(C(C)=O)=C(\N)C=O)CCO2. The molecule has 0 saturated carbocycles. The Labute approximate surface area is 118 Å². The van der Waals surface area contributed by atoms with E-state index >= 15 is 0 Å². The highest BCUT2D eigenvalue weighted by Crippen LogP contribution is 2.35. The number of ether oxygens (including phenoxy) is 1. The molecule has 0 aromatic heterocycles. The molecule has 2 rings (SSSR count). The first-order valence-electron chi connectivity index (χ1n) is 6.57. The van der Waals surface area contributed by atoms with Crippen LogP contribution in [0.1, 0.15) is 19.4 Å². The Balaban J connectivity index is 2.55. The van der Waals surface area contributed by atoms with Crippen molar-refractivity contribution in [2.75, 3.05) is 18.1 Å². The van der Waals surface area contributed by atoms with Crippen molar-refractivity contribution in [1.82, 2.24) is 0 Å². The first kappa shape index (κ1) is 14.1. The molecule has 20 heavy (non-hydrogen) atoms. The lowest BCUT2D eigenvalue weighted by molar-refractivity contribution is -0.114. The van der Waals surface area contributed by atoms with Crippen molar-refractivity contribution in [1.29, 1.82) is 0 Å². The minimum absolute atomic E-state index is 0.0488. The molecule has 0 fully saturated rings. The minimum Gasteiger partial charge on any atom is -0.490 e.